The average Bonchev–Trinajstić information content (AvgIpc) is 2.63. The van der Waals surface area contributed by atoms with Crippen LogP contribution in [0.2, 0.25) is 0 Å². The smallest absolute Gasteiger partial charge is 0.186 e. The third-order valence-electron chi connectivity index (χ3n) is 3.13. The van der Waals surface area contributed by atoms with Crippen molar-refractivity contribution in [2.75, 3.05) is 0 Å². The highest BCUT2D eigenvalue weighted by Crippen LogP contribution is 2.15. The Kier molecular flexibility index (Phi) is 6.00. The van der Waals surface area contributed by atoms with E-state index >= 15 is 0 Å². The largest absolute Gasteiger partial charge is 0.370 e. The van der Waals surface area contributed by atoms with E-state index in [0.717, 1.165) is 23.5 Å². The van der Waals surface area contributed by atoms with Crippen molar-refractivity contribution in [3.05, 3.63) is 52.8 Å². The zero-order chi connectivity index (χ0) is 13.8. The van der Waals surface area contributed by atoms with Gasteiger partial charge in [0.25, 0.3) is 0 Å². The predicted molar refractivity (Wildman–Crippen MR) is 92.2 cm³/mol. The van der Waals surface area contributed by atoms with E-state index in [1.54, 1.807) is 0 Å². The molecule has 1 aromatic carbocycles. The van der Waals surface area contributed by atoms with Gasteiger partial charge in [0.05, 0.1) is 18.8 Å². The molecule has 0 spiro atoms. The van der Waals surface area contributed by atoms with Crippen LogP contribution in [-0.2, 0) is 13.1 Å². The number of aryl methyl sites for hydroxylation is 1. The number of rotatable bonds is 4. The van der Waals surface area contributed by atoms with Gasteiger partial charge in [0, 0.05) is 11.3 Å². The van der Waals surface area contributed by atoms with Crippen LogP contribution in [0.25, 0.3) is 0 Å². The normalized spacial score (nSPS) is 9.90. The summed E-state index contributed by atoms with van der Waals surface area (Å²) < 4.78 is 1.99. The van der Waals surface area contributed by atoms with Gasteiger partial charge in [-0.2, -0.15) is 5.10 Å². The minimum atomic E-state index is 0. The van der Waals surface area contributed by atoms with Crippen LogP contribution in [-0.4, -0.2) is 15.7 Å². The minimum Gasteiger partial charge on any atom is -0.370 e. The first-order valence-electron chi connectivity index (χ1n) is 6.20. The van der Waals surface area contributed by atoms with Gasteiger partial charge in [0.15, 0.2) is 5.96 Å². The first kappa shape index (κ1) is 16.5. The van der Waals surface area contributed by atoms with E-state index in [1.165, 1.54) is 5.56 Å². The lowest BCUT2D eigenvalue weighted by Crippen LogP contribution is -2.22. The molecule has 0 saturated heterocycles. The lowest BCUT2D eigenvalue weighted by Gasteiger charge is -2.05. The molecular formula is C14H20IN5. The fourth-order valence-corrected chi connectivity index (χ4v) is 2.04. The van der Waals surface area contributed by atoms with Crippen molar-refractivity contribution in [3.63, 3.8) is 0 Å². The van der Waals surface area contributed by atoms with E-state index in [2.05, 4.69) is 22.2 Å². The maximum Gasteiger partial charge on any atom is 0.186 e. The molecular weight excluding hydrogens is 365 g/mol. The standard InChI is InChI=1S/C14H19N5.HI/c1-10-13(8-17-14(15)16)11(2)19(18-10)9-12-6-4-3-5-7-12;/h3-7H,8-9H2,1-2H3,(H4,15,16,17);1H. The van der Waals surface area contributed by atoms with Crippen molar-refractivity contribution in [1.29, 1.82) is 0 Å². The summed E-state index contributed by atoms with van der Waals surface area (Å²) in [5.74, 6) is 0.106. The Hall–Kier alpha value is -1.57. The predicted octanol–water partition coefficient (Wildman–Crippen LogP) is 1.94. The average molecular weight is 385 g/mol. The van der Waals surface area contributed by atoms with Crippen LogP contribution in [0.15, 0.2) is 35.3 Å². The molecule has 0 atom stereocenters. The van der Waals surface area contributed by atoms with Gasteiger partial charge in [0.2, 0.25) is 0 Å². The second-order valence-electron chi connectivity index (χ2n) is 4.53. The van der Waals surface area contributed by atoms with Gasteiger partial charge in [-0.25, -0.2) is 4.99 Å². The van der Waals surface area contributed by atoms with E-state index in [0.29, 0.717) is 6.54 Å². The highest BCUT2D eigenvalue weighted by Gasteiger charge is 2.11. The summed E-state index contributed by atoms with van der Waals surface area (Å²) in [4.78, 5) is 4.06. The zero-order valence-electron chi connectivity index (χ0n) is 11.7. The fraction of sp³-hybridized carbons (Fsp3) is 0.286. The Morgan fingerprint density at radius 2 is 1.85 bits per heavy atom. The number of hydrogen-bond acceptors (Lipinski definition) is 2. The Morgan fingerprint density at radius 1 is 1.20 bits per heavy atom. The van der Waals surface area contributed by atoms with Crippen molar-refractivity contribution < 1.29 is 0 Å². The van der Waals surface area contributed by atoms with Crippen LogP contribution >= 0.6 is 24.0 Å². The molecule has 1 heterocycles. The lowest BCUT2D eigenvalue weighted by atomic mass is 10.2. The summed E-state index contributed by atoms with van der Waals surface area (Å²) in [5.41, 5.74) is 15.1. The first-order chi connectivity index (χ1) is 9.08. The highest BCUT2D eigenvalue weighted by molar-refractivity contribution is 14.0. The molecule has 0 amide bonds. The number of guanidine groups is 1. The van der Waals surface area contributed by atoms with Gasteiger partial charge in [-0.15, -0.1) is 24.0 Å². The summed E-state index contributed by atoms with van der Waals surface area (Å²) in [6.07, 6.45) is 0. The molecule has 20 heavy (non-hydrogen) atoms. The number of aromatic nitrogens is 2. The van der Waals surface area contributed by atoms with Gasteiger partial charge < -0.3 is 11.5 Å². The summed E-state index contributed by atoms with van der Waals surface area (Å²) >= 11 is 0. The van der Waals surface area contributed by atoms with Gasteiger partial charge >= 0.3 is 0 Å². The molecule has 2 aromatic rings. The monoisotopic (exact) mass is 385 g/mol. The first-order valence-corrected chi connectivity index (χ1v) is 6.20. The molecule has 2 rings (SSSR count). The number of hydrogen-bond donors (Lipinski definition) is 2. The number of aliphatic imine (C=N–C) groups is 1. The molecule has 108 valence electrons. The minimum absolute atomic E-state index is 0. The van der Waals surface area contributed by atoms with Gasteiger partial charge in [-0.05, 0) is 19.4 Å². The zero-order valence-corrected chi connectivity index (χ0v) is 14.0. The van der Waals surface area contributed by atoms with Crippen LogP contribution < -0.4 is 11.5 Å². The quantitative estimate of drug-likeness (QED) is 0.480. The van der Waals surface area contributed by atoms with Gasteiger partial charge in [0.1, 0.15) is 0 Å². The SMILES string of the molecule is Cc1nn(Cc2ccccc2)c(C)c1CN=C(N)N.I. The van der Waals surface area contributed by atoms with Crippen molar-refractivity contribution >= 4 is 29.9 Å². The van der Waals surface area contributed by atoms with Crippen LogP contribution in [0.5, 0.6) is 0 Å². The van der Waals surface area contributed by atoms with Crippen molar-refractivity contribution in [1.82, 2.24) is 9.78 Å². The Bertz CT molecular complexity index is 585. The number of nitrogens with zero attached hydrogens (tertiary/aromatic N) is 3. The van der Waals surface area contributed by atoms with Crippen LogP contribution in [0, 0.1) is 13.8 Å². The Morgan fingerprint density at radius 3 is 2.45 bits per heavy atom. The molecule has 0 unspecified atom stereocenters. The summed E-state index contributed by atoms with van der Waals surface area (Å²) in [5, 5.41) is 4.55. The van der Waals surface area contributed by atoms with Crippen molar-refractivity contribution in [2.24, 2.45) is 16.5 Å². The van der Waals surface area contributed by atoms with E-state index in [4.69, 9.17) is 11.5 Å². The molecule has 1 aromatic heterocycles. The van der Waals surface area contributed by atoms with Gasteiger partial charge in [-0.1, -0.05) is 30.3 Å². The second kappa shape index (κ2) is 7.28. The van der Waals surface area contributed by atoms with Gasteiger partial charge in [-0.3, -0.25) is 4.68 Å². The van der Waals surface area contributed by atoms with E-state index in [1.807, 2.05) is 36.7 Å². The molecule has 0 aliphatic heterocycles. The third-order valence-corrected chi connectivity index (χ3v) is 3.13. The molecule has 0 fully saturated rings. The highest BCUT2D eigenvalue weighted by atomic mass is 127. The molecule has 0 aliphatic rings. The Labute approximate surface area is 136 Å². The number of nitrogens with two attached hydrogens (primary N) is 2. The van der Waals surface area contributed by atoms with Crippen LogP contribution in [0.4, 0.5) is 0 Å². The van der Waals surface area contributed by atoms with Crippen molar-refractivity contribution in [3.8, 4) is 0 Å². The molecule has 5 nitrogen and oxygen atoms in total. The van der Waals surface area contributed by atoms with E-state index in [9.17, 15) is 0 Å². The molecule has 0 bridgehead atoms. The maximum atomic E-state index is 5.37. The third kappa shape index (κ3) is 3.96. The van der Waals surface area contributed by atoms with E-state index in [-0.39, 0.29) is 29.9 Å². The summed E-state index contributed by atoms with van der Waals surface area (Å²) in [6, 6.07) is 10.2. The number of benzene rings is 1. The molecule has 0 aliphatic carbocycles. The summed E-state index contributed by atoms with van der Waals surface area (Å²) in [6.45, 7) is 5.26. The molecule has 0 saturated carbocycles. The molecule has 6 heteroatoms. The maximum absolute atomic E-state index is 5.37. The molecule has 4 N–H and O–H groups in total. The fourth-order valence-electron chi connectivity index (χ4n) is 2.04. The summed E-state index contributed by atoms with van der Waals surface area (Å²) in [7, 11) is 0. The second-order valence-corrected chi connectivity index (χ2v) is 4.53. The molecule has 0 radical (unpaired) electrons. The Balaban J connectivity index is 0.00000200. The topological polar surface area (TPSA) is 82.2 Å². The van der Waals surface area contributed by atoms with E-state index < -0.39 is 0 Å². The van der Waals surface area contributed by atoms with Crippen molar-refractivity contribution in [2.45, 2.75) is 26.9 Å². The lowest BCUT2D eigenvalue weighted by molar-refractivity contribution is 0.658. The number of halogens is 1. The van der Waals surface area contributed by atoms with Crippen LogP contribution in [0.3, 0.4) is 0 Å². The van der Waals surface area contributed by atoms with Crippen LogP contribution in [0.1, 0.15) is 22.5 Å².